The second kappa shape index (κ2) is 6.42. The van der Waals surface area contributed by atoms with Gasteiger partial charge in [0.05, 0.1) is 17.0 Å². The van der Waals surface area contributed by atoms with Crippen molar-refractivity contribution >= 4 is 35.4 Å². The third-order valence-electron chi connectivity index (χ3n) is 5.18. The Hall–Kier alpha value is -2.35. The number of hydrogen-bond donors (Lipinski definition) is 0. The van der Waals surface area contributed by atoms with Crippen LogP contribution in [0.4, 0.5) is 0 Å². The molecule has 0 N–H and O–H groups in total. The zero-order valence-electron chi connectivity index (χ0n) is 14.4. The number of imide groups is 1. The van der Waals surface area contributed by atoms with E-state index in [4.69, 9.17) is 0 Å². The van der Waals surface area contributed by atoms with Crippen molar-refractivity contribution in [2.45, 2.75) is 18.9 Å². The maximum absolute atomic E-state index is 13.0. The summed E-state index contributed by atoms with van der Waals surface area (Å²) in [5.74, 6) is 0.0140. The normalized spacial score (nSPS) is 22.3. The predicted octanol–water partition coefficient (Wildman–Crippen LogP) is 1.05. The molecule has 136 valence electrons. The van der Waals surface area contributed by atoms with Gasteiger partial charge >= 0.3 is 0 Å². The van der Waals surface area contributed by atoms with E-state index in [1.54, 1.807) is 22.7 Å². The molecule has 0 aliphatic carbocycles. The molecule has 3 heterocycles. The molecule has 2 fully saturated rings. The highest BCUT2D eigenvalue weighted by molar-refractivity contribution is 7.99. The zero-order chi connectivity index (χ0) is 18.4. The van der Waals surface area contributed by atoms with Crippen LogP contribution in [0.5, 0.6) is 0 Å². The number of carbonyl (C=O) groups is 4. The fourth-order valence-corrected chi connectivity index (χ4v) is 4.80. The Bertz CT molecular complexity index is 819. The molecule has 0 bridgehead atoms. The minimum Gasteiger partial charge on any atom is -0.341 e. The van der Waals surface area contributed by atoms with E-state index in [-0.39, 0.29) is 23.3 Å². The first kappa shape index (κ1) is 17.1. The lowest BCUT2D eigenvalue weighted by atomic mass is 10.0. The molecule has 1 aromatic carbocycles. The monoisotopic (exact) mass is 373 g/mol. The summed E-state index contributed by atoms with van der Waals surface area (Å²) >= 11 is 1.56. The lowest BCUT2D eigenvalue weighted by Crippen LogP contribution is -2.48. The fraction of sp³-hybridized carbons (Fsp3) is 0.444. The van der Waals surface area contributed by atoms with Crippen molar-refractivity contribution in [3.05, 3.63) is 34.9 Å². The molecule has 3 aliphatic rings. The topological polar surface area (TPSA) is 78.0 Å². The number of fused-ring (bicyclic) bond motifs is 1. The Morgan fingerprint density at radius 3 is 2.50 bits per heavy atom. The predicted molar refractivity (Wildman–Crippen MR) is 96.0 cm³/mol. The van der Waals surface area contributed by atoms with Crippen molar-refractivity contribution in [3.8, 4) is 0 Å². The zero-order valence-corrected chi connectivity index (χ0v) is 15.3. The minimum absolute atomic E-state index is 0.00741. The first-order valence-corrected chi connectivity index (χ1v) is 9.78. The maximum atomic E-state index is 13.0. The SMILES string of the molecule is CN1C(=O)c2ccc(C(=O)N3CSC[C@@H]3C(=O)N3CCCC3)cc2C1=O. The van der Waals surface area contributed by atoms with Gasteiger partial charge in [0.2, 0.25) is 5.91 Å². The Balaban J connectivity index is 1.59. The summed E-state index contributed by atoms with van der Waals surface area (Å²) in [6, 6.07) is 4.10. The van der Waals surface area contributed by atoms with Gasteiger partial charge in [-0.3, -0.25) is 24.1 Å². The van der Waals surface area contributed by atoms with Crippen LogP contribution in [-0.4, -0.2) is 76.1 Å². The Labute approximate surface area is 155 Å². The van der Waals surface area contributed by atoms with Gasteiger partial charge in [-0.25, -0.2) is 0 Å². The van der Waals surface area contributed by atoms with Gasteiger partial charge in [-0.2, -0.15) is 0 Å². The van der Waals surface area contributed by atoms with Gasteiger partial charge in [0.25, 0.3) is 17.7 Å². The molecular weight excluding hydrogens is 354 g/mol. The molecule has 26 heavy (non-hydrogen) atoms. The molecule has 0 aromatic heterocycles. The number of rotatable bonds is 2. The van der Waals surface area contributed by atoms with E-state index in [0.717, 1.165) is 30.8 Å². The van der Waals surface area contributed by atoms with Gasteiger partial charge in [0, 0.05) is 31.5 Å². The molecule has 3 aliphatic heterocycles. The summed E-state index contributed by atoms with van der Waals surface area (Å²) in [4.78, 5) is 54.3. The molecular formula is C18H19N3O4S. The van der Waals surface area contributed by atoms with Crippen LogP contribution in [-0.2, 0) is 4.79 Å². The van der Waals surface area contributed by atoms with Crippen LogP contribution in [0.15, 0.2) is 18.2 Å². The Kier molecular flexibility index (Phi) is 4.22. The van der Waals surface area contributed by atoms with E-state index < -0.39 is 11.9 Å². The molecule has 0 spiro atoms. The molecule has 1 aromatic rings. The molecule has 4 rings (SSSR count). The van der Waals surface area contributed by atoms with Crippen LogP contribution in [0, 0.1) is 0 Å². The summed E-state index contributed by atoms with van der Waals surface area (Å²) in [6.45, 7) is 1.51. The molecule has 0 unspecified atom stereocenters. The average molecular weight is 373 g/mol. The third kappa shape index (κ3) is 2.59. The van der Waals surface area contributed by atoms with Crippen LogP contribution in [0.2, 0.25) is 0 Å². The van der Waals surface area contributed by atoms with Crippen LogP contribution >= 0.6 is 11.8 Å². The maximum Gasteiger partial charge on any atom is 0.261 e. The van der Waals surface area contributed by atoms with Gasteiger partial charge in [-0.05, 0) is 31.0 Å². The van der Waals surface area contributed by atoms with E-state index in [2.05, 4.69) is 0 Å². The van der Waals surface area contributed by atoms with Crippen molar-refractivity contribution in [2.24, 2.45) is 0 Å². The molecule has 2 saturated heterocycles. The van der Waals surface area contributed by atoms with E-state index in [0.29, 0.717) is 22.8 Å². The summed E-state index contributed by atoms with van der Waals surface area (Å²) in [5, 5.41) is 0. The quantitative estimate of drug-likeness (QED) is 0.724. The van der Waals surface area contributed by atoms with Crippen LogP contribution in [0.25, 0.3) is 0 Å². The van der Waals surface area contributed by atoms with Crippen molar-refractivity contribution in [1.29, 1.82) is 0 Å². The average Bonchev–Trinajstić information content (AvgIpc) is 3.39. The highest BCUT2D eigenvalue weighted by atomic mass is 32.2. The lowest BCUT2D eigenvalue weighted by Gasteiger charge is -2.27. The summed E-state index contributed by atoms with van der Waals surface area (Å²) in [5.41, 5.74) is 0.897. The number of nitrogens with zero attached hydrogens (tertiary/aromatic N) is 3. The van der Waals surface area contributed by atoms with Crippen molar-refractivity contribution in [3.63, 3.8) is 0 Å². The van der Waals surface area contributed by atoms with Crippen LogP contribution in [0.1, 0.15) is 43.9 Å². The first-order valence-electron chi connectivity index (χ1n) is 8.63. The number of carbonyl (C=O) groups excluding carboxylic acids is 4. The highest BCUT2D eigenvalue weighted by Gasteiger charge is 2.39. The number of hydrogen-bond acceptors (Lipinski definition) is 5. The van der Waals surface area contributed by atoms with Crippen molar-refractivity contribution in [1.82, 2.24) is 14.7 Å². The van der Waals surface area contributed by atoms with Gasteiger partial charge in [0.15, 0.2) is 0 Å². The first-order chi connectivity index (χ1) is 12.5. The van der Waals surface area contributed by atoms with Gasteiger partial charge in [0.1, 0.15) is 6.04 Å². The van der Waals surface area contributed by atoms with Crippen molar-refractivity contribution in [2.75, 3.05) is 31.8 Å². The minimum atomic E-state index is -0.459. The smallest absolute Gasteiger partial charge is 0.261 e. The third-order valence-corrected chi connectivity index (χ3v) is 6.19. The number of likely N-dealkylation sites (tertiary alicyclic amines) is 1. The Morgan fingerprint density at radius 2 is 1.77 bits per heavy atom. The molecule has 4 amide bonds. The number of thioether (sulfide) groups is 1. The van der Waals surface area contributed by atoms with E-state index in [1.807, 2.05) is 4.90 Å². The second-order valence-corrected chi connectivity index (χ2v) is 7.75. The van der Waals surface area contributed by atoms with E-state index in [1.165, 1.54) is 19.2 Å². The van der Waals surface area contributed by atoms with Crippen LogP contribution < -0.4 is 0 Å². The van der Waals surface area contributed by atoms with Gasteiger partial charge in [-0.15, -0.1) is 11.8 Å². The standard InChI is InChI=1S/C18H19N3O4S/c1-19-16(23)12-5-4-11(8-13(12)17(19)24)15(22)21-10-26-9-14(21)18(25)20-6-2-3-7-20/h4-5,8,14H,2-3,6-7,9-10H2,1H3/t14-/m1/s1. The highest BCUT2D eigenvalue weighted by Crippen LogP contribution is 2.28. The summed E-state index contributed by atoms with van der Waals surface area (Å²) in [6.07, 6.45) is 2.02. The summed E-state index contributed by atoms with van der Waals surface area (Å²) in [7, 11) is 1.42. The number of benzene rings is 1. The lowest BCUT2D eigenvalue weighted by molar-refractivity contribution is -0.133. The number of amides is 4. The molecule has 0 radical (unpaired) electrons. The molecule has 0 saturated carbocycles. The van der Waals surface area contributed by atoms with E-state index >= 15 is 0 Å². The van der Waals surface area contributed by atoms with Crippen molar-refractivity contribution < 1.29 is 19.2 Å². The largest absolute Gasteiger partial charge is 0.341 e. The molecule has 7 nitrogen and oxygen atoms in total. The fourth-order valence-electron chi connectivity index (χ4n) is 3.66. The van der Waals surface area contributed by atoms with Crippen LogP contribution in [0.3, 0.4) is 0 Å². The Morgan fingerprint density at radius 1 is 1.08 bits per heavy atom. The van der Waals surface area contributed by atoms with E-state index in [9.17, 15) is 19.2 Å². The van der Waals surface area contributed by atoms with Gasteiger partial charge in [-0.1, -0.05) is 0 Å². The summed E-state index contributed by atoms with van der Waals surface area (Å²) < 4.78 is 0. The molecule has 8 heteroatoms. The van der Waals surface area contributed by atoms with Gasteiger partial charge < -0.3 is 9.80 Å². The molecule has 1 atom stereocenters. The second-order valence-electron chi connectivity index (χ2n) is 6.75.